The van der Waals surface area contributed by atoms with Crippen LogP contribution in [0.5, 0.6) is 5.75 Å². The number of benzene rings is 1. The Morgan fingerprint density at radius 1 is 0.958 bits per heavy atom. The second kappa shape index (κ2) is 6.62. The van der Waals surface area contributed by atoms with Gasteiger partial charge in [-0.1, -0.05) is 24.8 Å². The van der Waals surface area contributed by atoms with E-state index in [2.05, 4.69) is 6.58 Å². The lowest BCUT2D eigenvalue weighted by atomic mass is 9.72. The highest BCUT2D eigenvalue weighted by molar-refractivity contribution is 5.44. The van der Waals surface area contributed by atoms with Gasteiger partial charge in [0.25, 0.3) is 0 Å². The van der Waals surface area contributed by atoms with Crippen LogP contribution in [0.3, 0.4) is 0 Å². The maximum absolute atomic E-state index is 13.6. The highest BCUT2D eigenvalue weighted by Gasteiger charge is 2.72. The Morgan fingerprint density at radius 3 is 1.79 bits per heavy atom. The smallest absolute Gasteiger partial charge is 0.410 e. The number of rotatable bonds is 4. The van der Waals surface area contributed by atoms with E-state index in [4.69, 9.17) is 5.11 Å². The molecule has 0 atom stereocenters. The Labute approximate surface area is 134 Å². The van der Waals surface area contributed by atoms with Crippen molar-refractivity contribution in [2.75, 3.05) is 0 Å². The van der Waals surface area contributed by atoms with Crippen molar-refractivity contribution >= 4 is 0 Å². The molecule has 0 saturated heterocycles. The molecule has 1 aromatic rings. The van der Waals surface area contributed by atoms with Crippen LogP contribution in [0.2, 0.25) is 0 Å². The number of aliphatic hydroxyl groups excluding tert-OH is 1. The highest BCUT2D eigenvalue weighted by Crippen LogP contribution is 2.56. The Hall–Kier alpha value is -2.38. The molecule has 24 heavy (non-hydrogen) atoms. The molecule has 0 unspecified atom stereocenters. The van der Waals surface area contributed by atoms with Gasteiger partial charge >= 0.3 is 12.4 Å². The summed E-state index contributed by atoms with van der Waals surface area (Å²) in [6.45, 7) is 3.81. The molecule has 1 rings (SSSR count). The third-order valence-electron chi connectivity index (χ3n) is 3.46. The summed E-state index contributed by atoms with van der Waals surface area (Å²) in [5, 5.41) is 18.3. The van der Waals surface area contributed by atoms with E-state index in [-0.39, 0.29) is 0 Å². The maximum atomic E-state index is 13.6. The van der Waals surface area contributed by atoms with Crippen molar-refractivity contribution in [3.8, 4) is 5.75 Å². The predicted octanol–water partition coefficient (Wildman–Crippen LogP) is 5.33. The van der Waals surface area contributed by atoms with Gasteiger partial charge in [0.1, 0.15) is 11.5 Å². The van der Waals surface area contributed by atoms with Gasteiger partial charge in [-0.05, 0) is 42.3 Å². The Kier molecular flexibility index (Phi) is 5.43. The van der Waals surface area contributed by atoms with Crippen molar-refractivity contribution in [3.05, 3.63) is 66.0 Å². The second-order valence-electron chi connectivity index (χ2n) is 4.94. The molecule has 0 bridgehead atoms. The number of aliphatic hydroxyl groups is 1. The Bertz CT molecular complexity index is 637. The average molecular weight is 352 g/mol. The van der Waals surface area contributed by atoms with Crippen molar-refractivity contribution in [1.82, 2.24) is 0 Å². The van der Waals surface area contributed by atoms with Crippen LogP contribution in [0.4, 0.5) is 26.3 Å². The monoisotopic (exact) mass is 352 g/mol. The summed E-state index contributed by atoms with van der Waals surface area (Å²) in [6, 6.07) is 2.60. The fourth-order valence-corrected chi connectivity index (χ4v) is 2.28. The van der Waals surface area contributed by atoms with Gasteiger partial charge in [0.2, 0.25) is 5.41 Å². The molecule has 0 saturated carbocycles. The van der Waals surface area contributed by atoms with Gasteiger partial charge in [0.05, 0.1) is 0 Å². The molecular formula is C16H14F6O2. The van der Waals surface area contributed by atoms with Crippen molar-refractivity contribution in [3.63, 3.8) is 0 Å². The summed E-state index contributed by atoms with van der Waals surface area (Å²) < 4.78 is 81.5. The fraction of sp³-hybridized carbons (Fsp3) is 0.250. The van der Waals surface area contributed by atoms with Crippen LogP contribution in [0.1, 0.15) is 12.5 Å². The Morgan fingerprint density at radius 2 is 1.42 bits per heavy atom. The van der Waals surface area contributed by atoms with E-state index in [1.807, 2.05) is 0 Å². The average Bonchev–Trinajstić information content (AvgIpc) is 2.44. The van der Waals surface area contributed by atoms with Crippen LogP contribution in [-0.4, -0.2) is 22.6 Å². The van der Waals surface area contributed by atoms with Gasteiger partial charge in [0, 0.05) is 0 Å². The lowest BCUT2D eigenvalue weighted by Gasteiger charge is -2.38. The van der Waals surface area contributed by atoms with E-state index in [0.29, 0.717) is 31.2 Å². The topological polar surface area (TPSA) is 40.5 Å². The third kappa shape index (κ3) is 3.42. The van der Waals surface area contributed by atoms with E-state index < -0.39 is 40.4 Å². The summed E-state index contributed by atoms with van der Waals surface area (Å²) in [6.07, 6.45) is -9.33. The van der Waals surface area contributed by atoms with Gasteiger partial charge in [0.15, 0.2) is 0 Å². The van der Waals surface area contributed by atoms with E-state index in [0.717, 1.165) is 18.2 Å². The van der Waals surface area contributed by atoms with Crippen molar-refractivity contribution in [2.24, 2.45) is 0 Å². The number of phenolic OH excluding ortho intramolecular Hbond substituents is 1. The summed E-state index contributed by atoms with van der Waals surface area (Å²) in [4.78, 5) is 0. The molecule has 0 radical (unpaired) electrons. The van der Waals surface area contributed by atoms with Gasteiger partial charge in [-0.2, -0.15) is 26.3 Å². The zero-order valence-electron chi connectivity index (χ0n) is 12.4. The largest absolute Gasteiger partial charge is 0.508 e. The Balaban J connectivity index is 3.80. The van der Waals surface area contributed by atoms with Gasteiger partial charge in [-0.15, -0.1) is 0 Å². The minimum Gasteiger partial charge on any atom is -0.508 e. The molecule has 132 valence electrons. The van der Waals surface area contributed by atoms with Gasteiger partial charge < -0.3 is 10.2 Å². The molecule has 0 fully saturated rings. The number of phenols is 1. The summed E-state index contributed by atoms with van der Waals surface area (Å²) in [7, 11) is 0. The molecule has 0 aliphatic rings. The maximum Gasteiger partial charge on any atom is 0.410 e. The molecule has 0 amide bonds. The number of hydrogen-bond acceptors (Lipinski definition) is 2. The molecule has 2 nitrogen and oxygen atoms in total. The quantitative estimate of drug-likeness (QED) is 0.437. The third-order valence-corrected chi connectivity index (χ3v) is 3.46. The molecule has 1 aromatic carbocycles. The summed E-state index contributed by atoms with van der Waals surface area (Å²) in [5.41, 5.74) is -6.48. The molecule has 0 aromatic heterocycles. The molecular weight excluding hydrogens is 338 g/mol. The molecule has 0 aliphatic carbocycles. The normalized spacial score (nSPS) is 14.6. The van der Waals surface area contributed by atoms with E-state index in [9.17, 15) is 31.4 Å². The molecule has 0 heterocycles. The van der Waals surface area contributed by atoms with Crippen LogP contribution in [0, 0.1) is 0 Å². The summed E-state index contributed by atoms with van der Waals surface area (Å²) in [5.74, 6) is -1.05. The van der Waals surface area contributed by atoms with Crippen molar-refractivity contribution in [2.45, 2.75) is 24.7 Å². The van der Waals surface area contributed by atoms with E-state index >= 15 is 0 Å². The lowest BCUT2D eigenvalue weighted by Crippen LogP contribution is -2.54. The number of halogens is 6. The highest BCUT2D eigenvalue weighted by atomic mass is 19.4. The van der Waals surface area contributed by atoms with Crippen LogP contribution < -0.4 is 0 Å². The molecule has 0 aliphatic heterocycles. The second-order valence-corrected chi connectivity index (χ2v) is 4.94. The number of hydrogen-bond donors (Lipinski definition) is 2. The number of allylic oxidation sites excluding steroid dienone is 4. The van der Waals surface area contributed by atoms with Crippen LogP contribution in [0.25, 0.3) is 0 Å². The lowest BCUT2D eigenvalue weighted by molar-refractivity contribution is -0.289. The first kappa shape index (κ1) is 19.7. The van der Waals surface area contributed by atoms with Crippen molar-refractivity contribution in [1.29, 1.82) is 0 Å². The number of aromatic hydroxyl groups is 1. The van der Waals surface area contributed by atoms with Gasteiger partial charge in [-0.3, -0.25) is 0 Å². The van der Waals surface area contributed by atoms with E-state index in [1.54, 1.807) is 0 Å². The fourth-order valence-electron chi connectivity index (χ4n) is 2.28. The molecule has 2 N–H and O–H groups in total. The minimum atomic E-state index is -5.71. The predicted molar refractivity (Wildman–Crippen MR) is 76.6 cm³/mol. The van der Waals surface area contributed by atoms with Crippen LogP contribution in [0.15, 0.2) is 60.4 Å². The first-order chi connectivity index (χ1) is 10.9. The minimum absolute atomic E-state index is 0.470. The first-order valence-electron chi connectivity index (χ1n) is 6.51. The summed E-state index contributed by atoms with van der Waals surface area (Å²) >= 11 is 0. The van der Waals surface area contributed by atoms with Crippen molar-refractivity contribution < 1.29 is 36.6 Å². The zero-order chi connectivity index (χ0) is 18.8. The standard InChI is InChI=1S/C16H14F6O2/c1-3-12(23)7-4-10(2)14(15(17,18)19,16(20,21)22)11-5-8-13(24)9-6-11/h3-9,23-24H,1H2,2H3/b10-4+,12-7+. The molecule has 8 heteroatoms. The zero-order valence-corrected chi connectivity index (χ0v) is 12.4. The number of alkyl halides is 6. The molecule has 0 spiro atoms. The van der Waals surface area contributed by atoms with Crippen LogP contribution in [-0.2, 0) is 5.41 Å². The van der Waals surface area contributed by atoms with Gasteiger partial charge in [-0.25, -0.2) is 0 Å². The SMILES string of the molecule is C=C/C(O)=C\C=C(/C)C(c1ccc(O)cc1)(C(F)(F)F)C(F)(F)F. The first-order valence-corrected chi connectivity index (χ1v) is 6.51. The van der Waals surface area contributed by atoms with Crippen LogP contribution >= 0.6 is 0 Å². The van der Waals surface area contributed by atoms with E-state index in [1.165, 1.54) is 0 Å².